The van der Waals surface area contributed by atoms with Crippen molar-refractivity contribution in [2.75, 3.05) is 12.0 Å². The number of amides is 2. The van der Waals surface area contributed by atoms with E-state index in [2.05, 4.69) is 0 Å². The molecule has 0 spiro atoms. The van der Waals surface area contributed by atoms with E-state index in [-0.39, 0.29) is 0 Å². The Morgan fingerprint density at radius 1 is 1.05 bits per heavy atom. The largest absolute Gasteiger partial charge is 0.497 e. The maximum atomic E-state index is 11.9. The summed E-state index contributed by atoms with van der Waals surface area (Å²) in [6.45, 7) is 0. The highest BCUT2D eigenvalue weighted by Crippen LogP contribution is 2.37. The third kappa shape index (κ3) is 1.91. The van der Waals surface area contributed by atoms with Crippen LogP contribution in [0, 0.1) is 0 Å². The summed E-state index contributed by atoms with van der Waals surface area (Å²) in [7, 11) is 1.59. The summed E-state index contributed by atoms with van der Waals surface area (Å²) >= 11 is 0. The number of carbonyl (C=O) groups excluding carboxylic acids is 1. The zero-order chi connectivity index (χ0) is 14.1. The standard InChI is InChI=1S/C16H14N2O2/c1-20-13-9-8-12-7-6-11-4-2-3-5-14(11)18(16(17)19)15(12)10-13/h2-10H,1H3,(H2,17,19). The summed E-state index contributed by atoms with van der Waals surface area (Å²) in [6.07, 6.45) is 3.94. The second kappa shape index (κ2) is 4.74. The van der Waals surface area contributed by atoms with E-state index in [1.807, 2.05) is 54.6 Å². The van der Waals surface area contributed by atoms with Crippen molar-refractivity contribution in [2.24, 2.45) is 5.73 Å². The first-order valence-electron chi connectivity index (χ1n) is 6.25. The van der Waals surface area contributed by atoms with E-state index in [1.54, 1.807) is 7.11 Å². The monoisotopic (exact) mass is 266 g/mol. The van der Waals surface area contributed by atoms with Crippen molar-refractivity contribution >= 4 is 29.6 Å². The van der Waals surface area contributed by atoms with E-state index in [0.29, 0.717) is 5.75 Å². The predicted octanol–water partition coefficient (Wildman–Crippen LogP) is 3.40. The Balaban J connectivity index is 2.27. The molecule has 0 saturated carbocycles. The number of urea groups is 1. The Hall–Kier alpha value is -2.75. The van der Waals surface area contributed by atoms with Crippen LogP contribution < -0.4 is 15.4 Å². The zero-order valence-corrected chi connectivity index (χ0v) is 11.0. The van der Waals surface area contributed by atoms with Gasteiger partial charge in [0.2, 0.25) is 0 Å². The van der Waals surface area contributed by atoms with E-state index >= 15 is 0 Å². The highest BCUT2D eigenvalue weighted by Gasteiger charge is 2.22. The van der Waals surface area contributed by atoms with Crippen LogP contribution in [0.3, 0.4) is 0 Å². The average Bonchev–Trinajstić information content (AvgIpc) is 2.62. The number of primary amides is 1. The fourth-order valence-electron chi connectivity index (χ4n) is 2.36. The molecular weight excluding hydrogens is 252 g/mol. The van der Waals surface area contributed by atoms with E-state index in [4.69, 9.17) is 10.5 Å². The van der Waals surface area contributed by atoms with Gasteiger partial charge in [0.1, 0.15) is 5.75 Å². The zero-order valence-electron chi connectivity index (χ0n) is 11.0. The third-order valence-electron chi connectivity index (χ3n) is 3.32. The van der Waals surface area contributed by atoms with Gasteiger partial charge in [-0.15, -0.1) is 0 Å². The summed E-state index contributed by atoms with van der Waals surface area (Å²) < 4.78 is 5.23. The highest BCUT2D eigenvalue weighted by molar-refractivity contribution is 6.05. The van der Waals surface area contributed by atoms with E-state index in [1.165, 1.54) is 4.90 Å². The lowest BCUT2D eigenvalue weighted by Gasteiger charge is -2.23. The van der Waals surface area contributed by atoms with Gasteiger partial charge in [-0.3, -0.25) is 4.90 Å². The van der Waals surface area contributed by atoms with Crippen LogP contribution in [0.2, 0.25) is 0 Å². The van der Waals surface area contributed by atoms with Gasteiger partial charge in [0.25, 0.3) is 0 Å². The van der Waals surface area contributed by atoms with Gasteiger partial charge < -0.3 is 10.5 Å². The molecule has 2 N–H and O–H groups in total. The number of nitrogens with zero attached hydrogens (tertiary/aromatic N) is 1. The van der Waals surface area contributed by atoms with Crippen molar-refractivity contribution in [3.8, 4) is 5.75 Å². The second-order valence-electron chi connectivity index (χ2n) is 4.49. The molecule has 2 aromatic carbocycles. The molecule has 1 aliphatic heterocycles. The molecule has 4 nitrogen and oxygen atoms in total. The Bertz CT molecular complexity index is 707. The van der Waals surface area contributed by atoms with Crippen LogP contribution in [0.1, 0.15) is 11.1 Å². The number of ether oxygens (including phenoxy) is 1. The summed E-state index contributed by atoms with van der Waals surface area (Å²) in [4.78, 5) is 13.4. The van der Waals surface area contributed by atoms with E-state index < -0.39 is 6.03 Å². The first-order chi connectivity index (χ1) is 9.70. The molecule has 0 saturated heterocycles. The van der Waals surface area contributed by atoms with Crippen LogP contribution in [0.15, 0.2) is 42.5 Å². The lowest BCUT2D eigenvalue weighted by atomic mass is 10.1. The minimum absolute atomic E-state index is 0.518. The summed E-state index contributed by atoms with van der Waals surface area (Å²) in [5.74, 6) is 0.683. The number of rotatable bonds is 1. The molecule has 20 heavy (non-hydrogen) atoms. The molecule has 0 fully saturated rings. The quantitative estimate of drug-likeness (QED) is 0.860. The van der Waals surface area contributed by atoms with Crippen LogP contribution in [-0.4, -0.2) is 13.1 Å². The summed E-state index contributed by atoms with van der Waals surface area (Å²) in [6, 6.07) is 12.7. The van der Waals surface area contributed by atoms with Crippen molar-refractivity contribution < 1.29 is 9.53 Å². The van der Waals surface area contributed by atoms with Crippen molar-refractivity contribution in [3.63, 3.8) is 0 Å². The smallest absolute Gasteiger partial charge is 0.323 e. The minimum Gasteiger partial charge on any atom is -0.497 e. The van der Waals surface area contributed by atoms with Crippen LogP contribution in [0.25, 0.3) is 12.2 Å². The normalized spacial score (nSPS) is 12.3. The number of carbonyl (C=O) groups is 1. The SMILES string of the molecule is COc1ccc2c(c1)N(C(N)=O)c1ccccc1C=C2. The maximum Gasteiger partial charge on any atom is 0.323 e. The van der Waals surface area contributed by atoms with Crippen molar-refractivity contribution in [1.29, 1.82) is 0 Å². The van der Waals surface area contributed by atoms with Gasteiger partial charge in [0.05, 0.1) is 18.5 Å². The number of fused-ring (bicyclic) bond motifs is 2. The number of para-hydroxylation sites is 1. The van der Waals surface area contributed by atoms with Crippen molar-refractivity contribution in [1.82, 2.24) is 0 Å². The topological polar surface area (TPSA) is 55.6 Å². The first kappa shape index (κ1) is 12.3. The maximum absolute atomic E-state index is 11.9. The summed E-state index contributed by atoms with van der Waals surface area (Å²) in [5.41, 5.74) is 8.93. The van der Waals surface area contributed by atoms with Crippen molar-refractivity contribution in [2.45, 2.75) is 0 Å². The number of methoxy groups -OCH3 is 1. The molecule has 4 heteroatoms. The Morgan fingerprint density at radius 2 is 1.75 bits per heavy atom. The molecule has 1 aliphatic rings. The van der Waals surface area contributed by atoms with Crippen molar-refractivity contribution in [3.05, 3.63) is 53.6 Å². The molecule has 0 radical (unpaired) electrons. The minimum atomic E-state index is -0.518. The number of anilines is 2. The van der Waals surface area contributed by atoms with Gasteiger partial charge in [-0.05, 0) is 29.3 Å². The molecule has 0 aromatic heterocycles. The number of hydrogen-bond acceptors (Lipinski definition) is 2. The molecule has 0 atom stereocenters. The molecule has 0 aliphatic carbocycles. The lowest BCUT2D eigenvalue weighted by Crippen LogP contribution is -2.32. The van der Waals surface area contributed by atoms with Gasteiger partial charge in [-0.2, -0.15) is 0 Å². The van der Waals surface area contributed by atoms with Crippen LogP contribution >= 0.6 is 0 Å². The molecule has 0 bridgehead atoms. The first-order valence-corrected chi connectivity index (χ1v) is 6.25. The molecular formula is C16H14N2O2. The fourth-order valence-corrected chi connectivity index (χ4v) is 2.36. The second-order valence-corrected chi connectivity index (χ2v) is 4.49. The van der Waals surface area contributed by atoms with Gasteiger partial charge in [-0.25, -0.2) is 4.79 Å². The molecule has 100 valence electrons. The molecule has 2 amide bonds. The predicted molar refractivity (Wildman–Crippen MR) is 80.1 cm³/mol. The highest BCUT2D eigenvalue weighted by atomic mass is 16.5. The van der Waals surface area contributed by atoms with Crippen LogP contribution in [-0.2, 0) is 0 Å². The van der Waals surface area contributed by atoms with Gasteiger partial charge in [0.15, 0.2) is 0 Å². The van der Waals surface area contributed by atoms with Crippen LogP contribution in [0.4, 0.5) is 16.2 Å². The van der Waals surface area contributed by atoms with Crippen LogP contribution in [0.5, 0.6) is 5.75 Å². The van der Waals surface area contributed by atoms with E-state index in [0.717, 1.165) is 22.5 Å². The van der Waals surface area contributed by atoms with E-state index in [9.17, 15) is 4.79 Å². The Labute approximate surface area is 117 Å². The number of hydrogen-bond donors (Lipinski definition) is 1. The summed E-state index contributed by atoms with van der Waals surface area (Å²) in [5, 5.41) is 0. The lowest BCUT2D eigenvalue weighted by molar-refractivity contribution is 0.256. The number of benzene rings is 2. The molecule has 0 unspecified atom stereocenters. The van der Waals surface area contributed by atoms with Gasteiger partial charge >= 0.3 is 6.03 Å². The fraction of sp³-hybridized carbons (Fsp3) is 0.0625. The average molecular weight is 266 g/mol. The third-order valence-corrected chi connectivity index (χ3v) is 3.32. The molecule has 2 aromatic rings. The Kier molecular flexibility index (Phi) is 2.91. The number of nitrogens with two attached hydrogens (primary N) is 1. The molecule has 1 heterocycles. The Morgan fingerprint density at radius 3 is 2.45 bits per heavy atom. The van der Waals surface area contributed by atoms with Gasteiger partial charge in [-0.1, -0.05) is 30.4 Å². The molecule has 3 rings (SSSR count). The van der Waals surface area contributed by atoms with Gasteiger partial charge in [0, 0.05) is 6.07 Å².